The van der Waals surface area contributed by atoms with Crippen LogP contribution in [0.1, 0.15) is 23.8 Å². The van der Waals surface area contributed by atoms with E-state index in [0.29, 0.717) is 31.1 Å². The number of aliphatic imine (C=N–C) groups is 1. The number of allylic oxidation sites excluding steroid dienone is 1. The molecular weight excluding hydrogens is 306 g/mol. The van der Waals surface area contributed by atoms with Crippen LogP contribution >= 0.6 is 0 Å². The molecule has 3 heterocycles. The standard InChI is InChI=1S/C18H17N3O3/c22-18(15-7-4-9-19-15)21-10-8-14-16(11-21)24-17(20-14)12-23-13-5-2-1-3-6-13/h1-3,5-7,9H,4,8,10-12H2. The normalized spacial score (nSPS) is 16.0. The molecule has 2 aliphatic rings. The zero-order valence-corrected chi connectivity index (χ0v) is 13.1. The van der Waals surface area contributed by atoms with Crippen LogP contribution < -0.4 is 4.74 Å². The van der Waals surface area contributed by atoms with E-state index in [2.05, 4.69) is 9.98 Å². The summed E-state index contributed by atoms with van der Waals surface area (Å²) in [6, 6.07) is 9.55. The zero-order valence-electron chi connectivity index (χ0n) is 13.1. The van der Waals surface area contributed by atoms with Gasteiger partial charge in [0.2, 0.25) is 5.89 Å². The van der Waals surface area contributed by atoms with E-state index in [4.69, 9.17) is 9.15 Å². The number of hydrogen-bond donors (Lipinski definition) is 0. The molecule has 0 bridgehead atoms. The average molecular weight is 323 g/mol. The number of aromatic nitrogens is 1. The maximum absolute atomic E-state index is 12.4. The highest BCUT2D eigenvalue weighted by molar-refractivity contribution is 5.96. The highest BCUT2D eigenvalue weighted by atomic mass is 16.5. The summed E-state index contributed by atoms with van der Waals surface area (Å²) in [6.07, 6.45) is 5.00. The van der Waals surface area contributed by atoms with Crippen molar-refractivity contribution < 1.29 is 13.9 Å². The summed E-state index contributed by atoms with van der Waals surface area (Å²) in [5, 5.41) is 0. The molecule has 2 aromatic rings. The van der Waals surface area contributed by atoms with Crippen molar-refractivity contribution in [3.63, 3.8) is 0 Å². The van der Waals surface area contributed by atoms with Gasteiger partial charge in [0.15, 0.2) is 6.61 Å². The Morgan fingerprint density at radius 2 is 2.17 bits per heavy atom. The molecule has 0 N–H and O–H groups in total. The van der Waals surface area contributed by atoms with Crippen LogP contribution in [0.3, 0.4) is 0 Å². The first-order chi connectivity index (χ1) is 11.8. The van der Waals surface area contributed by atoms with Crippen molar-refractivity contribution in [1.82, 2.24) is 9.88 Å². The SMILES string of the molecule is O=C(C1=CCC=N1)N1CCc2nc(COc3ccccc3)oc2C1. The van der Waals surface area contributed by atoms with Gasteiger partial charge in [0, 0.05) is 25.6 Å². The summed E-state index contributed by atoms with van der Waals surface area (Å²) in [7, 11) is 0. The predicted octanol–water partition coefficient (Wildman–Crippen LogP) is 2.50. The lowest BCUT2D eigenvalue weighted by Gasteiger charge is -2.24. The Balaban J connectivity index is 1.42. The van der Waals surface area contributed by atoms with Crippen molar-refractivity contribution in [2.75, 3.05) is 6.54 Å². The van der Waals surface area contributed by atoms with Crippen LogP contribution in [0.2, 0.25) is 0 Å². The predicted molar refractivity (Wildman–Crippen MR) is 87.6 cm³/mol. The second-order valence-electron chi connectivity index (χ2n) is 5.69. The Morgan fingerprint density at radius 3 is 2.96 bits per heavy atom. The van der Waals surface area contributed by atoms with E-state index in [-0.39, 0.29) is 12.5 Å². The molecule has 24 heavy (non-hydrogen) atoms. The smallest absolute Gasteiger partial charge is 0.272 e. The number of amides is 1. The van der Waals surface area contributed by atoms with Crippen LogP contribution in [0.15, 0.2) is 51.5 Å². The Bertz CT molecular complexity index is 808. The molecule has 1 aromatic heterocycles. The lowest BCUT2D eigenvalue weighted by molar-refractivity contribution is -0.128. The summed E-state index contributed by atoms with van der Waals surface area (Å²) >= 11 is 0. The summed E-state index contributed by atoms with van der Waals surface area (Å²) in [4.78, 5) is 22.7. The third kappa shape index (κ3) is 2.95. The number of fused-ring (bicyclic) bond motifs is 1. The maximum Gasteiger partial charge on any atom is 0.272 e. The minimum atomic E-state index is -0.0483. The Morgan fingerprint density at radius 1 is 1.29 bits per heavy atom. The molecule has 6 heteroatoms. The third-order valence-corrected chi connectivity index (χ3v) is 4.03. The summed E-state index contributed by atoms with van der Waals surface area (Å²) in [6.45, 7) is 1.34. The molecule has 1 amide bonds. The summed E-state index contributed by atoms with van der Waals surface area (Å²) in [5.74, 6) is 2.00. The highest BCUT2D eigenvalue weighted by Crippen LogP contribution is 2.23. The molecule has 122 valence electrons. The van der Waals surface area contributed by atoms with Gasteiger partial charge in [-0.25, -0.2) is 4.98 Å². The maximum atomic E-state index is 12.4. The lowest BCUT2D eigenvalue weighted by atomic mass is 10.1. The first-order valence-corrected chi connectivity index (χ1v) is 7.97. The van der Waals surface area contributed by atoms with Gasteiger partial charge in [-0.2, -0.15) is 0 Å². The van der Waals surface area contributed by atoms with Gasteiger partial charge in [0.25, 0.3) is 5.91 Å². The number of carbonyl (C=O) groups excluding carboxylic acids is 1. The van der Waals surface area contributed by atoms with E-state index in [0.717, 1.165) is 23.6 Å². The summed E-state index contributed by atoms with van der Waals surface area (Å²) < 4.78 is 11.4. The van der Waals surface area contributed by atoms with E-state index < -0.39 is 0 Å². The molecule has 0 atom stereocenters. The number of rotatable bonds is 4. The number of para-hydroxylation sites is 1. The molecule has 4 rings (SSSR count). The average Bonchev–Trinajstić information content (AvgIpc) is 3.29. The van der Waals surface area contributed by atoms with Gasteiger partial charge in [0.1, 0.15) is 17.2 Å². The molecule has 0 radical (unpaired) electrons. The molecule has 0 saturated carbocycles. The number of benzene rings is 1. The van der Waals surface area contributed by atoms with Gasteiger partial charge < -0.3 is 14.1 Å². The van der Waals surface area contributed by atoms with Gasteiger partial charge in [0.05, 0.1) is 12.2 Å². The van der Waals surface area contributed by atoms with Crippen molar-refractivity contribution in [3.05, 3.63) is 59.4 Å². The largest absolute Gasteiger partial charge is 0.484 e. The molecule has 0 unspecified atom stereocenters. The molecule has 6 nitrogen and oxygen atoms in total. The van der Waals surface area contributed by atoms with Crippen LogP contribution in [-0.4, -0.2) is 28.6 Å². The molecular formula is C18H17N3O3. The van der Waals surface area contributed by atoms with Crippen LogP contribution in [0.5, 0.6) is 5.75 Å². The van der Waals surface area contributed by atoms with E-state index >= 15 is 0 Å². The monoisotopic (exact) mass is 323 g/mol. The second-order valence-corrected chi connectivity index (χ2v) is 5.69. The minimum Gasteiger partial charge on any atom is -0.484 e. The molecule has 1 aromatic carbocycles. The van der Waals surface area contributed by atoms with E-state index in [1.54, 1.807) is 11.1 Å². The Labute approximate surface area is 139 Å². The highest BCUT2D eigenvalue weighted by Gasteiger charge is 2.27. The minimum absolute atomic E-state index is 0.0483. The van der Waals surface area contributed by atoms with Gasteiger partial charge in [-0.15, -0.1) is 0 Å². The molecule has 0 fully saturated rings. The third-order valence-electron chi connectivity index (χ3n) is 4.03. The quantitative estimate of drug-likeness (QED) is 0.867. The Hall–Kier alpha value is -2.89. The van der Waals surface area contributed by atoms with Gasteiger partial charge >= 0.3 is 0 Å². The van der Waals surface area contributed by atoms with E-state index in [9.17, 15) is 4.79 Å². The fraction of sp³-hybridized carbons (Fsp3) is 0.278. The van der Waals surface area contributed by atoms with Gasteiger partial charge in [-0.05, 0) is 18.2 Å². The topological polar surface area (TPSA) is 67.9 Å². The number of carbonyl (C=O) groups is 1. The number of ether oxygens (including phenoxy) is 1. The molecule has 0 saturated heterocycles. The number of hydrogen-bond acceptors (Lipinski definition) is 5. The number of nitrogens with zero attached hydrogens (tertiary/aromatic N) is 3. The van der Waals surface area contributed by atoms with Gasteiger partial charge in [-0.1, -0.05) is 18.2 Å². The van der Waals surface area contributed by atoms with Crippen molar-refractivity contribution >= 4 is 12.1 Å². The first kappa shape index (κ1) is 14.7. The van der Waals surface area contributed by atoms with Crippen molar-refractivity contribution in [3.8, 4) is 5.75 Å². The van der Waals surface area contributed by atoms with Crippen molar-refractivity contribution in [2.45, 2.75) is 26.0 Å². The van der Waals surface area contributed by atoms with Crippen molar-refractivity contribution in [2.24, 2.45) is 4.99 Å². The zero-order chi connectivity index (χ0) is 16.4. The van der Waals surface area contributed by atoms with Crippen LogP contribution in [0, 0.1) is 0 Å². The first-order valence-electron chi connectivity index (χ1n) is 7.97. The lowest BCUT2D eigenvalue weighted by Crippen LogP contribution is -2.36. The molecule has 2 aliphatic heterocycles. The van der Waals surface area contributed by atoms with Gasteiger partial charge in [-0.3, -0.25) is 9.79 Å². The van der Waals surface area contributed by atoms with Crippen LogP contribution in [0.4, 0.5) is 0 Å². The number of oxazole rings is 1. The fourth-order valence-corrected chi connectivity index (χ4v) is 2.82. The Kier molecular flexibility index (Phi) is 3.86. The van der Waals surface area contributed by atoms with Crippen LogP contribution in [0.25, 0.3) is 0 Å². The second kappa shape index (κ2) is 6.31. The molecule has 0 spiro atoms. The fourth-order valence-electron chi connectivity index (χ4n) is 2.82. The van der Waals surface area contributed by atoms with E-state index in [1.165, 1.54) is 0 Å². The molecule has 0 aliphatic carbocycles. The van der Waals surface area contributed by atoms with Crippen molar-refractivity contribution in [1.29, 1.82) is 0 Å². The van der Waals surface area contributed by atoms with Crippen LogP contribution in [-0.2, 0) is 24.4 Å². The summed E-state index contributed by atoms with van der Waals surface area (Å²) in [5.41, 5.74) is 1.43. The van der Waals surface area contributed by atoms with E-state index in [1.807, 2.05) is 36.4 Å².